The Morgan fingerprint density at radius 3 is 2.11 bits per heavy atom. The summed E-state index contributed by atoms with van der Waals surface area (Å²) in [5, 5.41) is -0.346. The third-order valence-corrected chi connectivity index (χ3v) is 7.64. The predicted octanol–water partition coefficient (Wildman–Crippen LogP) is 4.09. The van der Waals surface area contributed by atoms with Gasteiger partial charge in [0.2, 0.25) is 0 Å². The van der Waals surface area contributed by atoms with E-state index in [1.54, 1.807) is 31.2 Å². The Kier molecular flexibility index (Phi) is 5.23. The molecule has 4 heteroatoms. The maximum absolute atomic E-state index is 12.4. The standard InChI is InChI=1S/C14H21IO2S/c1-11(10-13(15)14(2,3)4)18(16,17)12-8-6-5-7-9-12/h5-9,11,13H,10H2,1-4H3/t11-,13-/m1/s1. The van der Waals surface area contributed by atoms with E-state index < -0.39 is 9.84 Å². The van der Waals surface area contributed by atoms with E-state index in [-0.39, 0.29) is 10.7 Å². The van der Waals surface area contributed by atoms with Crippen LogP contribution in [0.25, 0.3) is 0 Å². The van der Waals surface area contributed by atoms with Crippen molar-refractivity contribution in [3.05, 3.63) is 30.3 Å². The normalized spacial score (nSPS) is 16.3. The van der Waals surface area contributed by atoms with E-state index in [0.717, 1.165) is 0 Å². The highest BCUT2D eigenvalue weighted by Crippen LogP contribution is 2.32. The molecule has 0 unspecified atom stereocenters. The van der Waals surface area contributed by atoms with Crippen LogP contribution in [-0.2, 0) is 9.84 Å². The van der Waals surface area contributed by atoms with Gasteiger partial charge in [-0.05, 0) is 30.9 Å². The molecule has 0 heterocycles. The lowest BCUT2D eigenvalue weighted by Gasteiger charge is -2.28. The van der Waals surface area contributed by atoms with E-state index in [4.69, 9.17) is 0 Å². The second-order valence-electron chi connectivity index (χ2n) is 5.74. The first-order chi connectivity index (χ1) is 8.15. The maximum Gasteiger partial charge on any atom is 0.180 e. The molecule has 0 N–H and O–H groups in total. The van der Waals surface area contributed by atoms with E-state index in [2.05, 4.69) is 43.4 Å². The van der Waals surface area contributed by atoms with Gasteiger partial charge in [0, 0.05) is 3.92 Å². The van der Waals surface area contributed by atoms with Crippen molar-refractivity contribution in [2.45, 2.75) is 48.2 Å². The summed E-state index contributed by atoms with van der Waals surface area (Å²) in [5.74, 6) is 0. The summed E-state index contributed by atoms with van der Waals surface area (Å²) in [7, 11) is -3.20. The molecule has 18 heavy (non-hydrogen) atoms. The predicted molar refractivity (Wildman–Crippen MR) is 85.0 cm³/mol. The van der Waals surface area contributed by atoms with Crippen LogP contribution in [0.15, 0.2) is 35.2 Å². The highest BCUT2D eigenvalue weighted by Gasteiger charge is 2.30. The fourth-order valence-electron chi connectivity index (χ4n) is 1.61. The van der Waals surface area contributed by atoms with Crippen molar-refractivity contribution in [2.24, 2.45) is 5.41 Å². The second-order valence-corrected chi connectivity index (χ2v) is 9.61. The molecule has 0 aliphatic carbocycles. The van der Waals surface area contributed by atoms with Crippen LogP contribution >= 0.6 is 22.6 Å². The average molecular weight is 380 g/mol. The van der Waals surface area contributed by atoms with Gasteiger partial charge < -0.3 is 0 Å². The van der Waals surface area contributed by atoms with Crippen LogP contribution in [0.2, 0.25) is 0 Å². The first kappa shape index (κ1) is 16.0. The molecule has 0 amide bonds. The molecule has 0 aliphatic heterocycles. The second kappa shape index (κ2) is 5.90. The summed E-state index contributed by atoms with van der Waals surface area (Å²) < 4.78 is 25.1. The molecule has 1 aromatic carbocycles. The van der Waals surface area contributed by atoms with Crippen molar-refractivity contribution in [3.8, 4) is 0 Å². The van der Waals surface area contributed by atoms with Crippen LogP contribution in [-0.4, -0.2) is 17.6 Å². The molecule has 0 aromatic heterocycles. The highest BCUT2D eigenvalue weighted by atomic mass is 127. The lowest BCUT2D eigenvalue weighted by molar-refractivity contribution is 0.390. The van der Waals surface area contributed by atoms with Gasteiger partial charge in [-0.2, -0.15) is 0 Å². The smallest absolute Gasteiger partial charge is 0.180 e. The molecule has 0 radical (unpaired) electrons. The largest absolute Gasteiger partial charge is 0.223 e. The van der Waals surface area contributed by atoms with Crippen molar-refractivity contribution < 1.29 is 8.42 Å². The van der Waals surface area contributed by atoms with Gasteiger partial charge in [0.25, 0.3) is 0 Å². The van der Waals surface area contributed by atoms with Gasteiger partial charge in [-0.15, -0.1) is 0 Å². The molecular formula is C14H21IO2S. The quantitative estimate of drug-likeness (QED) is 0.583. The zero-order valence-corrected chi connectivity index (χ0v) is 14.3. The monoisotopic (exact) mass is 380 g/mol. The topological polar surface area (TPSA) is 34.1 Å². The van der Waals surface area contributed by atoms with E-state index in [0.29, 0.717) is 15.2 Å². The van der Waals surface area contributed by atoms with E-state index in [1.807, 2.05) is 6.07 Å². The molecule has 0 saturated carbocycles. The molecule has 0 spiro atoms. The van der Waals surface area contributed by atoms with Gasteiger partial charge in [0.1, 0.15) is 0 Å². The molecule has 1 aromatic rings. The van der Waals surface area contributed by atoms with Gasteiger partial charge in [-0.3, -0.25) is 0 Å². The minimum absolute atomic E-state index is 0.126. The number of hydrogen-bond donors (Lipinski definition) is 0. The first-order valence-corrected chi connectivity index (χ1v) is 8.88. The lowest BCUT2D eigenvalue weighted by Crippen LogP contribution is -2.28. The zero-order chi connectivity index (χ0) is 14.0. The Balaban J connectivity index is 2.88. The molecule has 0 aliphatic rings. The summed E-state index contributed by atoms with van der Waals surface area (Å²) in [6.07, 6.45) is 0.682. The molecule has 2 atom stereocenters. The minimum atomic E-state index is -3.20. The van der Waals surface area contributed by atoms with Crippen LogP contribution < -0.4 is 0 Å². The molecule has 0 bridgehead atoms. The third kappa shape index (κ3) is 3.95. The Morgan fingerprint density at radius 1 is 1.17 bits per heavy atom. The van der Waals surface area contributed by atoms with Crippen molar-refractivity contribution >= 4 is 32.4 Å². The fraction of sp³-hybridized carbons (Fsp3) is 0.571. The minimum Gasteiger partial charge on any atom is -0.223 e. The highest BCUT2D eigenvalue weighted by molar-refractivity contribution is 14.1. The van der Waals surface area contributed by atoms with E-state index >= 15 is 0 Å². The summed E-state index contributed by atoms with van der Waals surface area (Å²) in [6.45, 7) is 8.24. The van der Waals surface area contributed by atoms with Gasteiger partial charge in [0.15, 0.2) is 9.84 Å². The molecule has 2 nitrogen and oxygen atoms in total. The number of halogens is 1. The maximum atomic E-state index is 12.4. The van der Waals surface area contributed by atoms with Crippen molar-refractivity contribution in [1.82, 2.24) is 0 Å². The van der Waals surface area contributed by atoms with Gasteiger partial charge >= 0.3 is 0 Å². The summed E-state index contributed by atoms with van der Waals surface area (Å²) in [4.78, 5) is 0.426. The van der Waals surface area contributed by atoms with Crippen LogP contribution in [0.4, 0.5) is 0 Å². The van der Waals surface area contributed by atoms with E-state index in [1.165, 1.54) is 0 Å². The SMILES string of the molecule is C[C@H](C[C@@H](I)C(C)(C)C)S(=O)(=O)c1ccccc1. The number of alkyl halides is 1. The van der Waals surface area contributed by atoms with Crippen LogP contribution in [0, 0.1) is 5.41 Å². The van der Waals surface area contributed by atoms with Crippen LogP contribution in [0.5, 0.6) is 0 Å². The summed E-state index contributed by atoms with van der Waals surface area (Å²) in [6, 6.07) is 8.71. The van der Waals surface area contributed by atoms with E-state index in [9.17, 15) is 8.42 Å². The molecule has 102 valence electrons. The Labute approximate surface area is 124 Å². The molecule has 0 saturated heterocycles. The summed E-state index contributed by atoms with van der Waals surface area (Å²) >= 11 is 2.36. The Bertz CT molecular complexity index is 474. The van der Waals surface area contributed by atoms with Crippen molar-refractivity contribution in [2.75, 3.05) is 0 Å². The van der Waals surface area contributed by atoms with Crippen LogP contribution in [0.3, 0.4) is 0 Å². The summed E-state index contributed by atoms with van der Waals surface area (Å²) in [5.41, 5.74) is 0.126. The van der Waals surface area contributed by atoms with Gasteiger partial charge in [-0.1, -0.05) is 61.6 Å². The average Bonchev–Trinajstić information content (AvgIpc) is 2.28. The third-order valence-electron chi connectivity index (χ3n) is 3.08. The number of benzene rings is 1. The van der Waals surface area contributed by atoms with Crippen molar-refractivity contribution in [1.29, 1.82) is 0 Å². The fourth-order valence-corrected chi connectivity index (χ4v) is 4.17. The Morgan fingerprint density at radius 2 is 1.67 bits per heavy atom. The molecular weight excluding hydrogens is 359 g/mol. The molecule has 1 rings (SSSR count). The first-order valence-electron chi connectivity index (χ1n) is 6.08. The number of sulfone groups is 1. The lowest BCUT2D eigenvalue weighted by atomic mass is 9.90. The number of hydrogen-bond acceptors (Lipinski definition) is 2. The molecule has 0 fully saturated rings. The zero-order valence-electron chi connectivity index (χ0n) is 11.4. The van der Waals surface area contributed by atoms with Crippen LogP contribution in [0.1, 0.15) is 34.1 Å². The Hall–Kier alpha value is -0.1000. The number of rotatable bonds is 4. The van der Waals surface area contributed by atoms with Gasteiger partial charge in [0.05, 0.1) is 10.1 Å². The van der Waals surface area contributed by atoms with Crippen molar-refractivity contribution in [3.63, 3.8) is 0 Å². The van der Waals surface area contributed by atoms with Gasteiger partial charge in [-0.25, -0.2) is 8.42 Å².